The summed E-state index contributed by atoms with van der Waals surface area (Å²) in [6.45, 7) is 0. The second-order valence-electron chi connectivity index (χ2n) is 5.73. The lowest BCUT2D eigenvalue weighted by Gasteiger charge is -2.32. The molecular weight excluding hydrogens is 268 g/mol. The second kappa shape index (κ2) is 5.29. The molecule has 1 unspecified atom stereocenters. The summed E-state index contributed by atoms with van der Waals surface area (Å²) in [6, 6.07) is 14.6. The van der Waals surface area contributed by atoms with Crippen molar-refractivity contribution in [1.82, 2.24) is 0 Å². The lowest BCUT2D eigenvalue weighted by Crippen LogP contribution is -2.30. The molecular formula is C18H15F2N. The maximum atomic E-state index is 13.9. The summed E-state index contributed by atoms with van der Waals surface area (Å²) in [6.07, 6.45) is 2.33. The van der Waals surface area contributed by atoms with Crippen LogP contribution in [0.2, 0.25) is 0 Å². The van der Waals surface area contributed by atoms with Crippen molar-refractivity contribution in [2.75, 3.05) is 0 Å². The Balaban J connectivity index is 1.93. The third kappa shape index (κ3) is 2.54. The van der Waals surface area contributed by atoms with Gasteiger partial charge in [-0.15, -0.1) is 0 Å². The summed E-state index contributed by atoms with van der Waals surface area (Å²) in [7, 11) is 0. The van der Waals surface area contributed by atoms with E-state index in [2.05, 4.69) is 12.1 Å². The fourth-order valence-corrected chi connectivity index (χ4v) is 3.14. The van der Waals surface area contributed by atoms with Gasteiger partial charge in [0.05, 0.1) is 11.5 Å². The molecule has 1 atom stereocenters. The number of nitrogens with zero attached hydrogens (tertiary/aromatic N) is 1. The van der Waals surface area contributed by atoms with Crippen molar-refractivity contribution in [2.24, 2.45) is 5.41 Å². The Labute approximate surface area is 122 Å². The molecule has 0 bridgehead atoms. The molecule has 0 aromatic heterocycles. The highest BCUT2D eigenvalue weighted by Gasteiger charge is 2.35. The molecule has 0 fully saturated rings. The van der Waals surface area contributed by atoms with Crippen LogP contribution in [-0.2, 0) is 19.3 Å². The molecule has 0 amide bonds. The average Bonchev–Trinajstić information content (AvgIpc) is 2.52. The molecule has 1 aliphatic rings. The second-order valence-corrected chi connectivity index (χ2v) is 5.73. The topological polar surface area (TPSA) is 23.8 Å². The van der Waals surface area contributed by atoms with E-state index in [0.29, 0.717) is 12.8 Å². The molecule has 2 aromatic rings. The standard InChI is InChI=1S/C18H15F2N/c19-16-7-3-6-15(17(16)20)11-18(12-21)9-8-13-4-1-2-5-14(13)10-18/h1-7H,8-11H2. The van der Waals surface area contributed by atoms with Gasteiger partial charge in [0.15, 0.2) is 11.6 Å². The van der Waals surface area contributed by atoms with Crippen LogP contribution in [0.15, 0.2) is 42.5 Å². The van der Waals surface area contributed by atoms with Gasteiger partial charge in [0.25, 0.3) is 0 Å². The Hall–Kier alpha value is -2.21. The lowest BCUT2D eigenvalue weighted by molar-refractivity contribution is 0.332. The number of benzene rings is 2. The van der Waals surface area contributed by atoms with Crippen LogP contribution >= 0.6 is 0 Å². The first-order valence-corrected chi connectivity index (χ1v) is 7.04. The van der Waals surface area contributed by atoms with Crippen molar-refractivity contribution >= 4 is 0 Å². The lowest BCUT2D eigenvalue weighted by atomic mass is 9.69. The van der Waals surface area contributed by atoms with Gasteiger partial charge in [-0.2, -0.15) is 5.26 Å². The SMILES string of the molecule is N#CC1(Cc2cccc(F)c2F)CCc2ccccc2C1. The van der Waals surface area contributed by atoms with Crippen LogP contribution in [0.1, 0.15) is 23.1 Å². The van der Waals surface area contributed by atoms with Gasteiger partial charge in [-0.05, 0) is 48.4 Å². The molecule has 0 N–H and O–H groups in total. The van der Waals surface area contributed by atoms with Gasteiger partial charge in [0.2, 0.25) is 0 Å². The number of fused-ring (bicyclic) bond motifs is 1. The summed E-state index contributed by atoms with van der Waals surface area (Å²) in [5.41, 5.74) is 2.03. The molecule has 0 saturated heterocycles. The number of hydrogen-bond acceptors (Lipinski definition) is 1. The van der Waals surface area contributed by atoms with Crippen LogP contribution in [0, 0.1) is 28.4 Å². The zero-order valence-electron chi connectivity index (χ0n) is 11.6. The van der Waals surface area contributed by atoms with Gasteiger partial charge < -0.3 is 0 Å². The van der Waals surface area contributed by atoms with Gasteiger partial charge >= 0.3 is 0 Å². The van der Waals surface area contributed by atoms with Gasteiger partial charge in [-0.25, -0.2) is 8.78 Å². The summed E-state index contributed by atoms with van der Waals surface area (Å²) in [5, 5.41) is 9.62. The molecule has 0 heterocycles. The van der Waals surface area contributed by atoms with Crippen LogP contribution in [0.3, 0.4) is 0 Å². The van der Waals surface area contributed by atoms with E-state index < -0.39 is 17.0 Å². The first-order valence-electron chi connectivity index (χ1n) is 7.04. The minimum atomic E-state index is -0.850. The maximum Gasteiger partial charge on any atom is 0.162 e. The molecule has 3 heteroatoms. The number of aryl methyl sites for hydroxylation is 1. The van der Waals surface area contributed by atoms with E-state index in [0.717, 1.165) is 18.1 Å². The Kier molecular flexibility index (Phi) is 3.47. The van der Waals surface area contributed by atoms with Gasteiger partial charge in [0.1, 0.15) is 0 Å². The Morgan fingerprint density at radius 1 is 1.05 bits per heavy atom. The first-order chi connectivity index (χ1) is 10.1. The highest BCUT2D eigenvalue weighted by molar-refractivity contribution is 5.34. The Morgan fingerprint density at radius 2 is 1.81 bits per heavy atom. The molecule has 21 heavy (non-hydrogen) atoms. The first kappa shape index (κ1) is 13.8. The van der Waals surface area contributed by atoms with E-state index in [1.165, 1.54) is 11.6 Å². The predicted octanol–water partition coefficient (Wildman–Crippen LogP) is 4.21. The fourth-order valence-electron chi connectivity index (χ4n) is 3.14. The number of nitriles is 1. The summed E-state index contributed by atoms with van der Waals surface area (Å²) < 4.78 is 27.2. The largest absolute Gasteiger partial charge is 0.204 e. The van der Waals surface area contributed by atoms with Crippen LogP contribution in [0.25, 0.3) is 0 Å². The third-order valence-electron chi connectivity index (χ3n) is 4.32. The van der Waals surface area contributed by atoms with Crippen LogP contribution in [0.5, 0.6) is 0 Å². The van der Waals surface area contributed by atoms with E-state index in [9.17, 15) is 14.0 Å². The zero-order chi connectivity index (χ0) is 14.9. The minimum Gasteiger partial charge on any atom is -0.204 e. The van der Waals surface area contributed by atoms with E-state index in [1.54, 1.807) is 6.07 Å². The highest BCUT2D eigenvalue weighted by Crippen LogP contribution is 2.38. The predicted molar refractivity (Wildman–Crippen MR) is 76.6 cm³/mol. The van der Waals surface area contributed by atoms with E-state index in [4.69, 9.17) is 0 Å². The average molecular weight is 283 g/mol. The van der Waals surface area contributed by atoms with Crippen molar-refractivity contribution in [3.05, 3.63) is 70.8 Å². The monoisotopic (exact) mass is 283 g/mol. The zero-order valence-corrected chi connectivity index (χ0v) is 11.6. The summed E-state index contributed by atoms with van der Waals surface area (Å²) in [5.74, 6) is -1.68. The summed E-state index contributed by atoms with van der Waals surface area (Å²) >= 11 is 0. The fraction of sp³-hybridized carbons (Fsp3) is 0.278. The normalized spacial score (nSPS) is 20.6. The third-order valence-corrected chi connectivity index (χ3v) is 4.32. The van der Waals surface area contributed by atoms with Crippen molar-refractivity contribution in [3.8, 4) is 6.07 Å². The van der Waals surface area contributed by atoms with Gasteiger partial charge in [0, 0.05) is 0 Å². The van der Waals surface area contributed by atoms with Gasteiger partial charge in [-0.3, -0.25) is 0 Å². The van der Waals surface area contributed by atoms with E-state index >= 15 is 0 Å². The highest BCUT2D eigenvalue weighted by atomic mass is 19.2. The van der Waals surface area contributed by atoms with Crippen molar-refractivity contribution in [2.45, 2.75) is 25.7 Å². The molecule has 1 nitrogen and oxygen atoms in total. The van der Waals surface area contributed by atoms with Gasteiger partial charge in [-0.1, -0.05) is 36.4 Å². The van der Waals surface area contributed by atoms with Crippen molar-refractivity contribution < 1.29 is 8.78 Å². The maximum absolute atomic E-state index is 13.9. The molecule has 2 aromatic carbocycles. The number of halogens is 2. The minimum absolute atomic E-state index is 0.251. The quantitative estimate of drug-likeness (QED) is 0.810. The molecule has 1 aliphatic carbocycles. The Bertz CT molecular complexity index is 717. The molecule has 0 radical (unpaired) electrons. The molecule has 0 aliphatic heterocycles. The van der Waals surface area contributed by atoms with Crippen molar-refractivity contribution in [3.63, 3.8) is 0 Å². The van der Waals surface area contributed by atoms with E-state index in [1.807, 2.05) is 18.2 Å². The molecule has 3 rings (SSSR count). The number of hydrogen-bond donors (Lipinski definition) is 0. The van der Waals surface area contributed by atoms with E-state index in [-0.39, 0.29) is 12.0 Å². The smallest absolute Gasteiger partial charge is 0.162 e. The molecule has 106 valence electrons. The molecule has 0 spiro atoms. The Morgan fingerprint density at radius 3 is 2.57 bits per heavy atom. The molecule has 0 saturated carbocycles. The van der Waals surface area contributed by atoms with Crippen LogP contribution in [-0.4, -0.2) is 0 Å². The van der Waals surface area contributed by atoms with Crippen LogP contribution in [0.4, 0.5) is 8.78 Å². The van der Waals surface area contributed by atoms with Crippen LogP contribution < -0.4 is 0 Å². The number of rotatable bonds is 2. The summed E-state index contributed by atoms with van der Waals surface area (Å²) in [4.78, 5) is 0. The van der Waals surface area contributed by atoms with Crippen molar-refractivity contribution in [1.29, 1.82) is 5.26 Å².